The van der Waals surface area contributed by atoms with E-state index in [0.717, 1.165) is 19.6 Å². The Bertz CT molecular complexity index is 418. The van der Waals surface area contributed by atoms with E-state index in [1.54, 1.807) is 12.1 Å². The van der Waals surface area contributed by atoms with Gasteiger partial charge >= 0.3 is 5.97 Å². The Morgan fingerprint density at radius 2 is 2.17 bits per heavy atom. The average Bonchev–Trinajstić information content (AvgIpc) is 2.89. The summed E-state index contributed by atoms with van der Waals surface area (Å²) < 4.78 is 9.99. The molecular weight excluding hydrogens is 234 g/mol. The molecule has 1 aliphatic heterocycles. The zero-order chi connectivity index (χ0) is 13.2. The molecule has 0 bridgehead atoms. The van der Waals surface area contributed by atoms with Crippen LogP contribution in [0.25, 0.3) is 0 Å². The van der Waals surface area contributed by atoms with Crippen LogP contribution >= 0.6 is 0 Å². The lowest BCUT2D eigenvalue weighted by Gasteiger charge is -2.36. The van der Waals surface area contributed by atoms with Gasteiger partial charge in [0.2, 0.25) is 5.76 Å². The van der Waals surface area contributed by atoms with Gasteiger partial charge in [-0.1, -0.05) is 6.92 Å². The summed E-state index contributed by atoms with van der Waals surface area (Å²) in [7, 11) is 1.30. The number of nitrogens with zero attached hydrogens (tertiary/aromatic N) is 1. The van der Waals surface area contributed by atoms with E-state index >= 15 is 0 Å². The van der Waals surface area contributed by atoms with E-state index in [4.69, 9.17) is 4.42 Å². The largest absolute Gasteiger partial charge is 0.463 e. The summed E-state index contributed by atoms with van der Waals surface area (Å²) in [6, 6.07) is 3.21. The molecule has 1 fully saturated rings. The third-order valence-electron chi connectivity index (χ3n) is 3.58. The summed E-state index contributed by atoms with van der Waals surface area (Å²) in [4.78, 5) is 13.6. The van der Waals surface area contributed by atoms with Crippen molar-refractivity contribution < 1.29 is 19.1 Å². The molecule has 0 aromatic carbocycles. The standard InChI is InChI=1S/C13H19NO4/c1-3-14-8-6-13(16,7-9-14)11-5-4-10(18-11)12(15)17-2/h4-5,16H,3,6-9H2,1-2H3. The Labute approximate surface area is 106 Å². The molecule has 5 nitrogen and oxygen atoms in total. The van der Waals surface area contributed by atoms with Crippen LogP contribution in [0.2, 0.25) is 0 Å². The van der Waals surface area contributed by atoms with Crippen molar-refractivity contribution in [3.05, 3.63) is 23.7 Å². The average molecular weight is 253 g/mol. The molecule has 2 heterocycles. The Kier molecular flexibility index (Phi) is 3.73. The maximum Gasteiger partial charge on any atom is 0.373 e. The van der Waals surface area contributed by atoms with Crippen LogP contribution in [0.3, 0.4) is 0 Å². The fourth-order valence-corrected chi connectivity index (χ4v) is 2.28. The van der Waals surface area contributed by atoms with E-state index in [9.17, 15) is 9.90 Å². The van der Waals surface area contributed by atoms with Crippen molar-refractivity contribution >= 4 is 5.97 Å². The van der Waals surface area contributed by atoms with E-state index in [1.165, 1.54) is 7.11 Å². The first-order valence-corrected chi connectivity index (χ1v) is 6.22. The van der Waals surface area contributed by atoms with Crippen molar-refractivity contribution in [3.63, 3.8) is 0 Å². The highest BCUT2D eigenvalue weighted by Gasteiger charge is 2.36. The van der Waals surface area contributed by atoms with Gasteiger partial charge in [0.25, 0.3) is 0 Å². The Balaban J connectivity index is 2.11. The minimum atomic E-state index is -0.960. The minimum absolute atomic E-state index is 0.138. The van der Waals surface area contributed by atoms with E-state index in [1.807, 2.05) is 0 Å². The lowest BCUT2D eigenvalue weighted by atomic mass is 9.89. The second-order valence-electron chi connectivity index (χ2n) is 4.62. The van der Waals surface area contributed by atoms with Crippen LogP contribution in [0, 0.1) is 0 Å². The molecule has 1 aromatic rings. The maximum atomic E-state index is 11.3. The summed E-state index contributed by atoms with van der Waals surface area (Å²) in [5.41, 5.74) is -0.960. The number of hydrogen-bond acceptors (Lipinski definition) is 5. The second kappa shape index (κ2) is 5.12. The lowest BCUT2D eigenvalue weighted by Crippen LogP contribution is -2.42. The van der Waals surface area contributed by atoms with E-state index in [-0.39, 0.29) is 5.76 Å². The summed E-state index contributed by atoms with van der Waals surface area (Å²) in [5, 5.41) is 10.6. The van der Waals surface area contributed by atoms with E-state index < -0.39 is 11.6 Å². The Hall–Kier alpha value is -1.33. The Morgan fingerprint density at radius 3 is 2.72 bits per heavy atom. The number of piperidine rings is 1. The van der Waals surface area contributed by atoms with E-state index in [0.29, 0.717) is 18.6 Å². The molecule has 0 unspecified atom stereocenters. The molecule has 0 spiro atoms. The van der Waals surface area contributed by atoms with Crippen LogP contribution in [0.5, 0.6) is 0 Å². The molecule has 5 heteroatoms. The normalized spacial score (nSPS) is 19.7. The van der Waals surface area contributed by atoms with Crippen molar-refractivity contribution in [1.82, 2.24) is 4.90 Å². The molecule has 100 valence electrons. The van der Waals surface area contributed by atoms with Crippen LogP contribution in [0.4, 0.5) is 0 Å². The van der Waals surface area contributed by atoms with Gasteiger partial charge in [0, 0.05) is 13.1 Å². The number of hydrogen-bond donors (Lipinski definition) is 1. The number of rotatable bonds is 3. The molecule has 2 rings (SSSR count). The summed E-state index contributed by atoms with van der Waals surface area (Å²) in [5.74, 6) is 0.0772. The third-order valence-corrected chi connectivity index (χ3v) is 3.58. The quantitative estimate of drug-likeness (QED) is 0.824. The predicted octanol–water partition coefficient (Wildman–Crippen LogP) is 1.37. The van der Waals surface area contributed by atoms with Crippen LogP contribution in [0.15, 0.2) is 16.5 Å². The van der Waals surface area contributed by atoms with Crippen molar-refractivity contribution in [3.8, 4) is 0 Å². The van der Waals surface area contributed by atoms with Gasteiger partial charge in [0.05, 0.1) is 7.11 Å². The van der Waals surface area contributed by atoms with Gasteiger partial charge in [0.15, 0.2) is 0 Å². The number of methoxy groups -OCH3 is 1. The van der Waals surface area contributed by atoms with Crippen molar-refractivity contribution in [2.75, 3.05) is 26.7 Å². The third kappa shape index (κ3) is 2.42. The Morgan fingerprint density at radius 1 is 1.50 bits per heavy atom. The van der Waals surface area contributed by atoms with Crippen LogP contribution in [-0.4, -0.2) is 42.7 Å². The van der Waals surface area contributed by atoms with E-state index in [2.05, 4.69) is 16.6 Å². The van der Waals surface area contributed by atoms with Crippen LogP contribution < -0.4 is 0 Å². The van der Waals surface area contributed by atoms with Gasteiger partial charge in [0.1, 0.15) is 11.4 Å². The number of likely N-dealkylation sites (tertiary alicyclic amines) is 1. The van der Waals surface area contributed by atoms with Crippen LogP contribution in [0.1, 0.15) is 36.1 Å². The fourth-order valence-electron chi connectivity index (χ4n) is 2.28. The minimum Gasteiger partial charge on any atom is -0.463 e. The summed E-state index contributed by atoms with van der Waals surface area (Å²) in [6.07, 6.45) is 1.24. The number of carbonyl (C=O) groups is 1. The molecule has 1 N–H and O–H groups in total. The number of esters is 1. The molecule has 1 aliphatic rings. The summed E-state index contributed by atoms with van der Waals surface area (Å²) >= 11 is 0. The monoisotopic (exact) mass is 253 g/mol. The van der Waals surface area contributed by atoms with Crippen molar-refractivity contribution in [2.24, 2.45) is 0 Å². The predicted molar refractivity (Wildman–Crippen MR) is 65.3 cm³/mol. The van der Waals surface area contributed by atoms with Gasteiger partial charge in [-0.15, -0.1) is 0 Å². The summed E-state index contributed by atoms with van der Waals surface area (Å²) in [6.45, 7) is 4.76. The number of ether oxygens (including phenoxy) is 1. The number of carbonyl (C=O) groups excluding carboxylic acids is 1. The van der Waals surface area contributed by atoms with Crippen molar-refractivity contribution in [2.45, 2.75) is 25.4 Å². The first kappa shape index (κ1) is 13.1. The van der Waals surface area contributed by atoms with Gasteiger partial charge in [-0.2, -0.15) is 0 Å². The van der Waals surface area contributed by atoms with Gasteiger partial charge in [-0.3, -0.25) is 0 Å². The highest BCUT2D eigenvalue weighted by atomic mass is 16.5. The SMILES string of the molecule is CCN1CCC(O)(c2ccc(C(=O)OC)o2)CC1. The molecule has 0 saturated carbocycles. The van der Waals surface area contributed by atoms with Gasteiger partial charge in [-0.25, -0.2) is 4.79 Å². The maximum absolute atomic E-state index is 11.3. The lowest BCUT2D eigenvalue weighted by molar-refractivity contribution is -0.0416. The number of aliphatic hydroxyl groups is 1. The zero-order valence-electron chi connectivity index (χ0n) is 10.8. The zero-order valence-corrected chi connectivity index (χ0v) is 10.8. The molecule has 0 radical (unpaired) electrons. The highest BCUT2D eigenvalue weighted by Crippen LogP contribution is 2.33. The van der Waals surface area contributed by atoms with Gasteiger partial charge < -0.3 is 19.2 Å². The highest BCUT2D eigenvalue weighted by molar-refractivity contribution is 5.86. The smallest absolute Gasteiger partial charge is 0.373 e. The van der Waals surface area contributed by atoms with Crippen LogP contribution in [-0.2, 0) is 10.3 Å². The molecule has 0 atom stereocenters. The second-order valence-corrected chi connectivity index (χ2v) is 4.62. The molecule has 1 aromatic heterocycles. The molecular formula is C13H19NO4. The first-order valence-electron chi connectivity index (χ1n) is 6.22. The first-order chi connectivity index (χ1) is 8.59. The molecule has 18 heavy (non-hydrogen) atoms. The molecule has 0 aliphatic carbocycles. The topological polar surface area (TPSA) is 62.9 Å². The van der Waals surface area contributed by atoms with Gasteiger partial charge in [-0.05, 0) is 31.5 Å². The molecule has 1 saturated heterocycles. The number of furan rings is 1. The molecule has 0 amide bonds. The fraction of sp³-hybridized carbons (Fsp3) is 0.615. The van der Waals surface area contributed by atoms with Crippen molar-refractivity contribution in [1.29, 1.82) is 0 Å².